The van der Waals surface area contributed by atoms with Crippen LogP contribution in [0, 0.1) is 11.8 Å². The van der Waals surface area contributed by atoms with Gasteiger partial charge >= 0.3 is 36.1 Å². The van der Waals surface area contributed by atoms with Crippen LogP contribution in [0.3, 0.4) is 0 Å². The first-order valence-electron chi connectivity index (χ1n) is 41.6. The lowest BCUT2D eigenvalue weighted by molar-refractivity contribution is -0.162. The number of aliphatic hydroxyl groups is 2. The first-order valence-corrected chi connectivity index (χ1v) is 50.1. The van der Waals surface area contributed by atoms with Gasteiger partial charge in [-0.15, -0.1) is 0 Å². The molecule has 6 amide bonds. The Bertz CT molecular complexity index is 4450. The van der Waals surface area contributed by atoms with E-state index in [9.17, 15) is 58.2 Å². The average molecular weight is 1980 g/mol. The Balaban J connectivity index is 0.000000445. The van der Waals surface area contributed by atoms with E-state index in [1.165, 1.54) is 105 Å². The minimum atomic E-state index is -1.85. The summed E-state index contributed by atoms with van der Waals surface area (Å²) in [6.45, 7) is 17.9. The fourth-order valence-electron chi connectivity index (χ4n) is 14.5. The summed E-state index contributed by atoms with van der Waals surface area (Å²) >= 11 is 21.9. The lowest BCUT2D eigenvalue weighted by atomic mass is 9.83. The number of aliphatic carboxylic acids is 2. The molecular formula is C87H127Cl2N7O24P2S6. The van der Waals surface area contributed by atoms with Gasteiger partial charge in [-0.25, -0.2) is 24.2 Å². The molecule has 9 rings (SSSR count). The number of esters is 2. The molecule has 8 bridgehead atoms. The van der Waals surface area contributed by atoms with Crippen molar-refractivity contribution in [2.24, 2.45) is 11.8 Å². The number of rotatable bonds is 26. The second-order valence-corrected chi connectivity index (χ2v) is 41.4. The third-order valence-electron chi connectivity index (χ3n) is 22.5. The summed E-state index contributed by atoms with van der Waals surface area (Å²) in [6.07, 6.45) is 5.19. The van der Waals surface area contributed by atoms with Crippen LogP contribution in [0.1, 0.15) is 161 Å². The Hall–Kier alpha value is -6.51. The van der Waals surface area contributed by atoms with Crippen molar-refractivity contribution in [2.75, 3.05) is 77.9 Å². The van der Waals surface area contributed by atoms with E-state index in [2.05, 4.69) is 49.0 Å². The number of allylic oxidation sites excluding steroid dienone is 6. The summed E-state index contributed by atoms with van der Waals surface area (Å²) in [4.78, 5) is 138. The minimum Gasteiger partial charge on any atom is -0.495 e. The highest BCUT2D eigenvalue weighted by Crippen LogP contribution is 2.52. The predicted molar refractivity (Wildman–Crippen MR) is 513 cm³/mol. The molecule has 0 saturated carbocycles. The molecule has 6 aliphatic rings. The van der Waals surface area contributed by atoms with Gasteiger partial charge < -0.3 is 87.4 Å². The number of ether oxygens (including phenoxy) is 10. The molecule has 6 N–H and O–H groups in total. The van der Waals surface area contributed by atoms with E-state index in [-0.39, 0.29) is 85.9 Å². The second-order valence-electron chi connectivity index (χ2n) is 31.9. The number of carboxylic acids is 2. The van der Waals surface area contributed by atoms with E-state index in [0.717, 1.165) is 34.3 Å². The largest absolute Gasteiger partial charge is 0.495 e. The van der Waals surface area contributed by atoms with E-state index in [0.29, 0.717) is 65.3 Å². The van der Waals surface area contributed by atoms with Crippen molar-refractivity contribution in [2.45, 2.75) is 260 Å². The van der Waals surface area contributed by atoms with Gasteiger partial charge in [0.2, 0.25) is 23.6 Å². The van der Waals surface area contributed by atoms with Crippen LogP contribution in [-0.4, -0.2) is 257 Å². The van der Waals surface area contributed by atoms with Gasteiger partial charge in [0.25, 0.3) is 0 Å². The average Bonchev–Trinajstić information content (AvgIpc) is 1.58. The molecule has 2 aromatic carbocycles. The highest BCUT2D eigenvalue weighted by Gasteiger charge is 2.66. The predicted octanol–water partition coefficient (Wildman–Crippen LogP) is 14.9. The number of hydrogen-bond donors (Lipinski definition) is 7. The molecular weight excluding hydrogens is 1850 g/mol. The third-order valence-corrected chi connectivity index (χ3v) is 29.3. The number of aromatic nitrogens is 1. The molecule has 1 aromatic heterocycles. The molecule has 714 valence electrons. The summed E-state index contributed by atoms with van der Waals surface area (Å²) in [5.41, 5.74) is -1.92. The molecule has 0 aliphatic carbocycles. The number of hydrogen-bond acceptors (Lipinski definition) is 29. The highest BCUT2D eigenvalue weighted by molar-refractivity contribution is 8.77. The summed E-state index contributed by atoms with van der Waals surface area (Å²) in [5, 5.41) is 47.7. The topological polar surface area (TPSA) is 400 Å². The van der Waals surface area contributed by atoms with Gasteiger partial charge in [-0.2, -0.15) is 12.6 Å². The van der Waals surface area contributed by atoms with E-state index in [1.54, 1.807) is 118 Å². The number of methoxy groups -OCH3 is 4. The van der Waals surface area contributed by atoms with E-state index >= 15 is 0 Å². The molecule has 6 aliphatic heterocycles. The van der Waals surface area contributed by atoms with Crippen molar-refractivity contribution in [3.63, 3.8) is 0 Å². The monoisotopic (exact) mass is 1980 g/mol. The Labute approximate surface area is 793 Å². The number of thiol groups is 1. The number of fused-ring (bicyclic) bond motifs is 10. The molecule has 0 radical (unpaired) electrons. The number of carbonyl (C=O) groups is 10. The van der Waals surface area contributed by atoms with Gasteiger partial charge in [0.05, 0.1) is 50.6 Å². The summed E-state index contributed by atoms with van der Waals surface area (Å²) < 4.78 is 64.1. The van der Waals surface area contributed by atoms with Crippen LogP contribution < -0.4 is 29.9 Å². The molecule has 7 heterocycles. The maximum Gasteiger partial charge on any atom is 0.409 e. The number of alkyl carbamates (subject to hydrolysis) is 2. The van der Waals surface area contributed by atoms with E-state index in [1.807, 2.05) is 58.0 Å². The third kappa shape index (κ3) is 32.1. The number of carbonyl (C=O) groups excluding carboxylic acids is 8. The smallest absolute Gasteiger partial charge is 0.409 e. The fourth-order valence-corrected chi connectivity index (χ4v) is 19.7. The number of nitrogens with one attached hydrogen (secondary N) is 2. The number of benzene rings is 2. The van der Waals surface area contributed by atoms with Gasteiger partial charge in [-0.3, -0.25) is 39.4 Å². The number of nitrogens with zero attached hydrogens (tertiary/aromatic N) is 5. The molecule has 41 heteroatoms. The zero-order chi connectivity index (χ0) is 96.0. The molecule has 4 saturated heterocycles. The first kappa shape index (κ1) is 112. The SMILES string of the molecule is C.CC(CCC(=O)O)SSc1ccccn1.COc1cc2cc(c1Cl)N(C)C(=O)C[C@H](OC(=O)[C@H](C)N(C)C(=O)CCS)[C@]1(C)O[C@H]1[C@H](C)[C@@H]1C[C@@](O)(NC(=O)O1)[C@H](OC)/C=C/C=C(\C)C2.COc1cc2cc(c1Cl)N(C)C(=O)C[C@H](OC(=O)[C@H](C)N(C)C(=O)CCSSC(C)CCC(=O)O)[C@]1(C)O[C@H]1[C@H](C)[C@@H]1C[C@@](O)(NC(=O)O1)[C@H](OC)/C=C/C=C(\C)C2.PP=S.[2H]C. The maximum absolute atomic E-state index is 14.2. The Morgan fingerprint density at radius 2 is 1.09 bits per heavy atom. The van der Waals surface area contributed by atoms with Crippen molar-refractivity contribution >= 4 is 178 Å². The van der Waals surface area contributed by atoms with Crippen molar-refractivity contribution < 1.29 is 117 Å². The molecule has 0 spiro atoms. The van der Waals surface area contributed by atoms with Crippen LogP contribution in [0.15, 0.2) is 101 Å². The van der Waals surface area contributed by atoms with Crippen molar-refractivity contribution in [1.82, 2.24) is 25.4 Å². The van der Waals surface area contributed by atoms with Crippen LogP contribution in [-0.2, 0) is 101 Å². The molecule has 128 heavy (non-hydrogen) atoms. The zero-order valence-electron chi connectivity index (χ0n) is 76.0. The second kappa shape index (κ2) is 52.8. The van der Waals surface area contributed by atoms with E-state index in [4.69, 9.17) is 82.2 Å². The summed E-state index contributed by atoms with van der Waals surface area (Å²) in [6, 6.07) is 10.9. The number of pyridine rings is 1. The number of carboxylic acid groups (broad SMARTS) is 2. The van der Waals surface area contributed by atoms with E-state index < -0.39 is 143 Å². The summed E-state index contributed by atoms with van der Waals surface area (Å²) in [7, 11) is 22.7. The quantitative estimate of drug-likeness (QED) is 0.00746. The molecule has 4 fully saturated rings. The first-order chi connectivity index (χ1) is 60.3. The van der Waals surface area contributed by atoms with Crippen LogP contribution in [0.25, 0.3) is 0 Å². The fraction of sp³-hybridized carbons (Fsp3) is 0.598. The highest BCUT2D eigenvalue weighted by atomic mass is 35.5. The van der Waals surface area contributed by atoms with Gasteiger partial charge in [-0.1, -0.05) is 173 Å². The van der Waals surface area contributed by atoms with Crippen LogP contribution in [0.4, 0.5) is 21.0 Å². The van der Waals surface area contributed by atoms with Crippen LogP contribution >= 0.6 is 95.0 Å². The van der Waals surface area contributed by atoms with Crippen LogP contribution in [0.2, 0.25) is 10.0 Å². The Morgan fingerprint density at radius 3 is 1.45 bits per heavy atom. The maximum atomic E-state index is 14.2. The molecule has 3 unspecified atom stereocenters. The van der Waals surface area contributed by atoms with Crippen molar-refractivity contribution in [1.29, 1.82) is 0 Å². The van der Waals surface area contributed by atoms with Crippen molar-refractivity contribution in [3.8, 4) is 11.5 Å². The normalized spacial score (nSPS) is 27.9. The van der Waals surface area contributed by atoms with Gasteiger partial charge in [-0.05, 0) is 138 Å². The standard InChI is InChI=1S/C40H56ClN3O12S2.C35H48ClN3O10S.C10H13NO2S2.2CH4.H2P2S/c1-22-11-10-12-30(53-9)40(51)21-29(54-38(50)42-40)24(3)36-39(5,56-36)31(20-33(46)44(7)27-18-26(17-22)19-28(52-8)35(27)41)55-37(49)25(4)43(6)32(45)15-16-57-58-23(2)13-14-34(47)48;1-19-10-9-11-26(46-8)35(44)18-25(47-33(43)37-35)20(2)31-34(4,49-31)27(48-32(42)21(3)38(5)28(40)12-13-50)17-29(41)39(6)23-15-22(14-19)16-24(45-7)30(23)36;1-8(5-6-10(12)13)14-15-9-4-2-3-7-11-9;;;1-2-3/h10-12,18-19,23-25,29-31,36,51H,13-17,20-21H2,1-9H3,(H,42,50)(H,47,48);9-11,15-16,20-21,25-27,31,44,50H,12-14,17-18H2,1-8H3,(H,37,43);2-4,7-8H,5-6H2,1H3,(H,12,13);2*1H4;1H2/b12-10+,22-11+;11-9+,19-10+;;;;/t23?,24-,25+,29+,30-,31+,36+,39+,40+;20-,21+,25+,26-,27+,31+,34+,35+;;;;/m11..../s1/i;;;1D;;. The minimum absolute atomic E-state index is 0. The van der Waals surface area contributed by atoms with Gasteiger partial charge in [0.1, 0.15) is 86.5 Å². The summed E-state index contributed by atoms with van der Waals surface area (Å²) in [5.74, 6) is -4.16. The number of halogens is 2. The lowest BCUT2D eigenvalue weighted by Gasteiger charge is -2.42. The molecule has 31 nitrogen and oxygen atoms in total. The molecule has 3 aromatic rings. The van der Waals surface area contributed by atoms with Crippen LogP contribution in [0.5, 0.6) is 11.5 Å². The number of likely N-dealkylation sites (N-methyl/N-ethyl adjacent to an activating group) is 2. The number of anilines is 2. The Kier molecular flexibility index (Phi) is 46.2. The zero-order valence-corrected chi connectivity index (χ0v) is 83.6. The number of epoxide rings is 2. The van der Waals surface area contributed by atoms with Gasteiger partial charge in [0, 0.05) is 117 Å². The van der Waals surface area contributed by atoms with Gasteiger partial charge in [0.15, 0.2) is 11.4 Å². The lowest BCUT2D eigenvalue weighted by Crippen LogP contribution is -2.63. The van der Waals surface area contributed by atoms with Crippen molar-refractivity contribution in [3.05, 3.63) is 117 Å². The molecule has 19 atom stereocenters. The Morgan fingerprint density at radius 1 is 0.688 bits per heavy atom. The number of amides is 6.